The number of aromatic hydroxyl groups is 2. The largest absolute Gasteiger partial charge is 0.507 e. The van der Waals surface area contributed by atoms with Crippen molar-refractivity contribution in [3.8, 4) is 17.2 Å². The van der Waals surface area contributed by atoms with Crippen LogP contribution in [-0.4, -0.2) is 94.6 Å². The van der Waals surface area contributed by atoms with Gasteiger partial charge in [-0.3, -0.25) is 18.9 Å². The summed E-state index contributed by atoms with van der Waals surface area (Å²) in [5.41, 5.74) is 2.97. The van der Waals surface area contributed by atoms with Crippen molar-refractivity contribution in [2.75, 3.05) is 13.7 Å². The van der Waals surface area contributed by atoms with Crippen molar-refractivity contribution in [3.05, 3.63) is 51.6 Å². The van der Waals surface area contributed by atoms with Crippen LogP contribution in [0.4, 0.5) is 0 Å². The van der Waals surface area contributed by atoms with Crippen LogP contribution in [-0.2, 0) is 35.3 Å². The second-order valence-electron chi connectivity index (χ2n) is 14.6. The van der Waals surface area contributed by atoms with Gasteiger partial charge in [0, 0.05) is 42.0 Å². The minimum Gasteiger partial charge on any atom is -0.507 e. The van der Waals surface area contributed by atoms with Gasteiger partial charge >= 0.3 is 10.4 Å². The summed E-state index contributed by atoms with van der Waals surface area (Å²) in [6.07, 6.45) is 7.32. The van der Waals surface area contributed by atoms with Gasteiger partial charge in [0.25, 0.3) is 0 Å². The Morgan fingerprint density at radius 1 is 0.964 bits per heavy atom. The molecule has 5 rings (SSSR count). The number of hydrogen-bond acceptors (Lipinski definition) is 14. The molecule has 1 heterocycles. The van der Waals surface area contributed by atoms with Gasteiger partial charge < -0.3 is 40.4 Å². The molecule has 3 aliphatic rings. The van der Waals surface area contributed by atoms with Crippen LogP contribution in [0.1, 0.15) is 147 Å². The third-order valence-electron chi connectivity index (χ3n) is 10.5. The number of fused-ring (bicyclic) bond motifs is 3. The van der Waals surface area contributed by atoms with Crippen LogP contribution in [0.2, 0.25) is 0 Å². The van der Waals surface area contributed by atoms with Crippen LogP contribution < -0.4 is 10.5 Å². The monoisotopic (exact) mass is 793 g/mol. The minimum absolute atomic E-state index is 0.0147. The molecular weight excluding hydrogens is 738 g/mol. The molecular formula is C39H55NO14S. The molecule has 0 amide bonds. The van der Waals surface area contributed by atoms with E-state index >= 15 is 0 Å². The summed E-state index contributed by atoms with van der Waals surface area (Å²) in [7, 11) is -2.89. The molecule has 1 aliphatic heterocycles. The van der Waals surface area contributed by atoms with Crippen LogP contribution in [0.5, 0.6) is 17.2 Å². The van der Waals surface area contributed by atoms with Crippen LogP contribution in [0, 0.1) is 0 Å². The molecule has 0 aromatic heterocycles. The van der Waals surface area contributed by atoms with E-state index in [4.69, 9.17) is 24.5 Å². The first kappa shape index (κ1) is 44.2. The number of carbonyl (C=O) groups is 3. The number of aliphatic hydroxyl groups is 2. The second-order valence-corrected chi connectivity index (χ2v) is 15.7. The zero-order valence-electron chi connectivity index (χ0n) is 31.9. The first-order valence-corrected chi connectivity index (χ1v) is 20.3. The number of phenolic OH excluding ortho intramolecular Hbond substituents is 2. The number of Topliss-reactive ketones (excluding diaryl/α,β-unsaturated/α-hetero) is 1. The van der Waals surface area contributed by atoms with Crippen molar-refractivity contribution in [2.24, 2.45) is 5.73 Å². The Morgan fingerprint density at radius 3 is 2.13 bits per heavy atom. The number of ether oxygens (including phenoxy) is 3. The SMILES string of the molecule is CCCCCCCCCCCCOS(=O)(=O)O.COc1cccc2c1C(=O)c1c(O)c3c(c(O)c1C2=O)C[C@@](O)(C(C)=O)C[C@@H]3OC1CC(N)C(O)C(C)O1. The third kappa shape index (κ3) is 10.5. The van der Waals surface area contributed by atoms with Crippen LogP contribution in [0.25, 0.3) is 0 Å². The summed E-state index contributed by atoms with van der Waals surface area (Å²) >= 11 is 0. The van der Waals surface area contributed by atoms with E-state index in [-0.39, 0.29) is 47.5 Å². The molecule has 7 N–H and O–H groups in total. The van der Waals surface area contributed by atoms with Gasteiger partial charge in [0.15, 0.2) is 17.9 Å². The number of rotatable bonds is 16. The van der Waals surface area contributed by atoms with Gasteiger partial charge in [-0.1, -0.05) is 76.8 Å². The molecule has 15 nitrogen and oxygen atoms in total. The summed E-state index contributed by atoms with van der Waals surface area (Å²) < 4.78 is 50.1. The lowest BCUT2D eigenvalue weighted by atomic mass is 9.72. The predicted octanol–water partition coefficient (Wildman–Crippen LogP) is 4.76. The van der Waals surface area contributed by atoms with E-state index < -0.39 is 93.0 Å². The number of phenols is 2. The zero-order valence-corrected chi connectivity index (χ0v) is 32.7. The Morgan fingerprint density at radius 2 is 1.56 bits per heavy atom. The third-order valence-corrected chi connectivity index (χ3v) is 11.0. The number of nitrogens with two attached hydrogens (primary N) is 1. The molecule has 0 saturated carbocycles. The summed E-state index contributed by atoms with van der Waals surface area (Å²) in [6, 6.07) is 3.75. The Labute approximate surface area is 322 Å². The van der Waals surface area contributed by atoms with E-state index in [9.17, 15) is 43.2 Å². The lowest BCUT2D eigenvalue weighted by molar-refractivity contribution is -0.247. The Bertz CT molecular complexity index is 1800. The fourth-order valence-electron chi connectivity index (χ4n) is 7.41. The van der Waals surface area contributed by atoms with E-state index in [1.807, 2.05) is 0 Å². The molecule has 306 valence electrons. The normalized spacial score (nSPS) is 24.6. The molecule has 55 heavy (non-hydrogen) atoms. The van der Waals surface area contributed by atoms with Crippen molar-refractivity contribution in [3.63, 3.8) is 0 Å². The Hall–Kier alpha value is -3.48. The van der Waals surface area contributed by atoms with E-state index in [1.165, 1.54) is 77.2 Å². The number of unbranched alkanes of at least 4 members (excludes halogenated alkanes) is 9. The standard InChI is InChI=1S/C27H29NO10.C12H26O4S/c1-10-22(30)14(28)7-17(37-10)38-16-9-27(35,11(2)29)8-13-19(16)26(34)21-20(24(13)32)23(31)12-5-4-6-15(36-3)18(12)25(21)33;1-2-3-4-5-6-7-8-9-10-11-12-16-17(13,14)15/h4-6,10,14,16-17,22,30,32,34-35H,7-9,28H2,1-3H3;2-12H2,1H3,(H,13,14,15)/t10?,14?,16-,17?,22?,27-;/m0./s1. The quantitative estimate of drug-likeness (QED) is 0.0650. The molecule has 1 saturated heterocycles. The fourth-order valence-corrected chi connectivity index (χ4v) is 7.74. The Kier molecular flexibility index (Phi) is 15.4. The van der Waals surface area contributed by atoms with Gasteiger partial charge in [0.2, 0.25) is 5.78 Å². The van der Waals surface area contributed by atoms with E-state index in [2.05, 4.69) is 11.1 Å². The highest BCUT2D eigenvalue weighted by molar-refractivity contribution is 7.80. The minimum atomic E-state index is -4.23. The number of methoxy groups -OCH3 is 1. The smallest absolute Gasteiger partial charge is 0.397 e. The van der Waals surface area contributed by atoms with Crippen LogP contribution >= 0.6 is 0 Å². The highest BCUT2D eigenvalue weighted by Gasteiger charge is 2.49. The summed E-state index contributed by atoms with van der Waals surface area (Å²) in [5.74, 6) is -3.18. The zero-order chi connectivity index (χ0) is 40.7. The number of carbonyl (C=O) groups excluding carboxylic acids is 3. The first-order valence-electron chi connectivity index (χ1n) is 18.9. The second kappa shape index (κ2) is 19.1. The molecule has 1 fully saturated rings. The van der Waals surface area contributed by atoms with Crippen LogP contribution in [0.3, 0.4) is 0 Å². The van der Waals surface area contributed by atoms with Crippen molar-refractivity contribution >= 4 is 27.7 Å². The molecule has 0 radical (unpaired) electrons. The highest BCUT2D eigenvalue weighted by atomic mass is 32.3. The van der Waals surface area contributed by atoms with E-state index in [0.717, 1.165) is 12.8 Å². The summed E-state index contributed by atoms with van der Waals surface area (Å²) in [4.78, 5) is 39.6. The summed E-state index contributed by atoms with van der Waals surface area (Å²) in [5, 5.41) is 44.1. The average molecular weight is 794 g/mol. The number of benzene rings is 2. The van der Waals surface area contributed by atoms with Crippen molar-refractivity contribution in [1.82, 2.24) is 0 Å². The van der Waals surface area contributed by atoms with E-state index in [0.29, 0.717) is 6.42 Å². The fraction of sp³-hybridized carbons (Fsp3) is 0.615. The molecule has 6 atom stereocenters. The molecule has 2 aliphatic carbocycles. The molecule has 4 unspecified atom stereocenters. The number of ketones is 3. The predicted molar refractivity (Wildman–Crippen MR) is 200 cm³/mol. The van der Waals surface area contributed by atoms with Crippen molar-refractivity contribution in [2.45, 2.75) is 140 Å². The van der Waals surface area contributed by atoms with Crippen LogP contribution in [0.15, 0.2) is 18.2 Å². The lowest BCUT2D eigenvalue weighted by Gasteiger charge is -2.42. The van der Waals surface area contributed by atoms with Gasteiger partial charge in [-0.25, -0.2) is 4.18 Å². The molecule has 16 heteroatoms. The van der Waals surface area contributed by atoms with Gasteiger partial charge in [-0.05, 0) is 26.3 Å². The molecule has 0 spiro atoms. The first-order chi connectivity index (χ1) is 26.0. The van der Waals surface area contributed by atoms with Crippen molar-refractivity contribution < 1.29 is 66.2 Å². The Balaban J connectivity index is 0.000000335. The van der Waals surface area contributed by atoms with Gasteiger partial charge in [0.1, 0.15) is 22.8 Å². The molecule has 0 bridgehead atoms. The highest BCUT2D eigenvalue weighted by Crippen LogP contribution is 2.52. The van der Waals surface area contributed by atoms with E-state index in [1.54, 1.807) is 6.92 Å². The summed E-state index contributed by atoms with van der Waals surface area (Å²) in [6.45, 7) is 5.10. The van der Waals surface area contributed by atoms with Crippen molar-refractivity contribution in [1.29, 1.82) is 0 Å². The topological polar surface area (TPSA) is 249 Å². The molecule has 2 aromatic carbocycles. The van der Waals surface area contributed by atoms with Gasteiger partial charge in [-0.15, -0.1) is 0 Å². The maximum atomic E-state index is 13.6. The number of hydrogen-bond donors (Lipinski definition) is 6. The van der Waals surface area contributed by atoms with Gasteiger partial charge in [0.05, 0.1) is 48.7 Å². The molecule has 2 aromatic rings. The maximum Gasteiger partial charge on any atom is 0.397 e. The lowest BCUT2D eigenvalue weighted by Crippen LogP contribution is -2.52. The number of aliphatic hydroxyl groups excluding tert-OH is 1. The maximum absolute atomic E-state index is 13.6. The van der Waals surface area contributed by atoms with Gasteiger partial charge in [-0.2, -0.15) is 8.42 Å². The average Bonchev–Trinajstić information content (AvgIpc) is 3.12.